The SMILES string of the molecule is COC(=O)[C@@H](NC(=O)[C@@H](NC(=O)[C@H](CC(C)C)NC(=O)c1ccccc1)C1(O)CCCCC1)C(C)C. The van der Waals surface area contributed by atoms with Crippen molar-refractivity contribution in [2.75, 3.05) is 7.11 Å². The molecular weight excluding hydrogens is 462 g/mol. The van der Waals surface area contributed by atoms with Gasteiger partial charge in [0.2, 0.25) is 11.8 Å². The summed E-state index contributed by atoms with van der Waals surface area (Å²) in [5.41, 5.74) is -1.06. The van der Waals surface area contributed by atoms with E-state index in [4.69, 9.17) is 4.74 Å². The van der Waals surface area contributed by atoms with Crippen LogP contribution in [-0.4, -0.2) is 59.6 Å². The molecule has 0 bridgehead atoms. The molecule has 0 radical (unpaired) electrons. The Balaban J connectivity index is 2.29. The van der Waals surface area contributed by atoms with Crippen molar-refractivity contribution < 1.29 is 29.0 Å². The van der Waals surface area contributed by atoms with Gasteiger partial charge in [0.15, 0.2) is 0 Å². The van der Waals surface area contributed by atoms with E-state index in [0.717, 1.165) is 6.42 Å². The summed E-state index contributed by atoms with van der Waals surface area (Å²) in [6.45, 7) is 7.39. The van der Waals surface area contributed by atoms with Gasteiger partial charge in [-0.25, -0.2) is 4.79 Å². The molecule has 1 aromatic carbocycles. The fourth-order valence-corrected chi connectivity index (χ4v) is 4.53. The van der Waals surface area contributed by atoms with Gasteiger partial charge >= 0.3 is 5.97 Å². The third-order valence-corrected chi connectivity index (χ3v) is 6.59. The first-order chi connectivity index (χ1) is 17.0. The molecule has 200 valence electrons. The minimum absolute atomic E-state index is 0.0755. The van der Waals surface area contributed by atoms with E-state index in [1.807, 2.05) is 13.8 Å². The van der Waals surface area contributed by atoms with E-state index in [9.17, 15) is 24.3 Å². The first-order valence-corrected chi connectivity index (χ1v) is 12.8. The maximum absolute atomic E-state index is 13.4. The van der Waals surface area contributed by atoms with Crippen LogP contribution >= 0.6 is 0 Å². The predicted octanol–water partition coefficient (Wildman–Crippen LogP) is 2.32. The molecule has 2 rings (SSSR count). The highest BCUT2D eigenvalue weighted by Gasteiger charge is 2.45. The van der Waals surface area contributed by atoms with Gasteiger partial charge < -0.3 is 25.8 Å². The number of methoxy groups -OCH3 is 1. The number of rotatable bonds is 11. The zero-order valence-electron chi connectivity index (χ0n) is 22.0. The molecule has 4 N–H and O–H groups in total. The molecule has 1 saturated carbocycles. The Kier molecular flexibility index (Phi) is 10.9. The highest BCUT2D eigenvalue weighted by molar-refractivity contribution is 5.98. The van der Waals surface area contributed by atoms with Crippen LogP contribution in [0.3, 0.4) is 0 Å². The monoisotopic (exact) mass is 503 g/mol. The van der Waals surface area contributed by atoms with Gasteiger partial charge in [-0.05, 0) is 43.2 Å². The van der Waals surface area contributed by atoms with Crippen LogP contribution in [0, 0.1) is 11.8 Å². The molecule has 1 aromatic rings. The quantitative estimate of drug-likeness (QED) is 0.343. The highest BCUT2D eigenvalue weighted by atomic mass is 16.5. The summed E-state index contributed by atoms with van der Waals surface area (Å²) in [4.78, 5) is 51.9. The summed E-state index contributed by atoms with van der Waals surface area (Å²) in [6.07, 6.45) is 3.35. The average Bonchev–Trinajstić information content (AvgIpc) is 2.85. The molecular formula is C27H41N3O6. The molecule has 3 amide bonds. The maximum Gasteiger partial charge on any atom is 0.328 e. The van der Waals surface area contributed by atoms with Gasteiger partial charge in [-0.3, -0.25) is 14.4 Å². The zero-order valence-corrected chi connectivity index (χ0v) is 22.0. The highest BCUT2D eigenvalue weighted by Crippen LogP contribution is 2.31. The Bertz CT molecular complexity index is 896. The standard InChI is InChI=1S/C27H41N3O6/c1-17(2)16-20(28-23(31)19-12-8-6-9-13-19)24(32)30-22(27(35)14-10-7-11-15-27)25(33)29-21(18(3)4)26(34)36-5/h6,8-9,12-13,17-18,20-22,35H,7,10-11,14-16H2,1-5H3,(H,28,31)(H,29,33)(H,30,32)/t20-,21-,22+/m0/s1. The van der Waals surface area contributed by atoms with Gasteiger partial charge in [0.1, 0.15) is 18.1 Å². The van der Waals surface area contributed by atoms with Crippen LogP contribution in [0.15, 0.2) is 30.3 Å². The third-order valence-electron chi connectivity index (χ3n) is 6.59. The van der Waals surface area contributed by atoms with Crippen LogP contribution in [0.5, 0.6) is 0 Å². The van der Waals surface area contributed by atoms with Crippen molar-refractivity contribution in [3.05, 3.63) is 35.9 Å². The maximum atomic E-state index is 13.4. The lowest BCUT2D eigenvalue weighted by Crippen LogP contribution is -2.65. The van der Waals surface area contributed by atoms with Crippen molar-refractivity contribution in [1.29, 1.82) is 0 Å². The van der Waals surface area contributed by atoms with Gasteiger partial charge in [0.25, 0.3) is 5.91 Å². The predicted molar refractivity (Wildman–Crippen MR) is 136 cm³/mol. The molecule has 1 fully saturated rings. The lowest BCUT2D eigenvalue weighted by Gasteiger charge is -2.39. The fourth-order valence-electron chi connectivity index (χ4n) is 4.53. The smallest absolute Gasteiger partial charge is 0.328 e. The van der Waals surface area contributed by atoms with E-state index in [-0.39, 0.29) is 11.8 Å². The van der Waals surface area contributed by atoms with Gasteiger partial charge in [0.05, 0.1) is 12.7 Å². The number of hydrogen-bond acceptors (Lipinski definition) is 6. The fraction of sp³-hybridized carbons (Fsp3) is 0.630. The minimum atomic E-state index is -1.47. The molecule has 36 heavy (non-hydrogen) atoms. The zero-order chi connectivity index (χ0) is 26.9. The first-order valence-electron chi connectivity index (χ1n) is 12.8. The van der Waals surface area contributed by atoms with Crippen LogP contribution < -0.4 is 16.0 Å². The molecule has 0 heterocycles. The summed E-state index contributed by atoms with van der Waals surface area (Å²) in [7, 11) is 1.24. The number of aliphatic hydroxyl groups is 1. The van der Waals surface area contributed by atoms with Gasteiger partial charge in [-0.1, -0.05) is 65.2 Å². The number of hydrogen-bond donors (Lipinski definition) is 4. The summed E-state index contributed by atoms with van der Waals surface area (Å²) in [5, 5.41) is 19.6. The van der Waals surface area contributed by atoms with E-state index in [2.05, 4.69) is 16.0 Å². The number of carbonyl (C=O) groups excluding carboxylic acids is 4. The second-order valence-corrected chi connectivity index (χ2v) is 10.4. The first kappa shape index (κ1) is 29.3. The van der Waals surface area contributed by atoms with Crippen molar-refractivity contribution >= 4 is 23.7 Å². The topological polar surface area (TPSA) is 134 Å². The Labute approximate surface area is 213 Å². The summed E-state index contributed by atoms with van der Waals surface area (Å²) in [5.74, 6) is -2.42. The van der Waals surface area contributed by atoms with E-state index >= 15 is 0 Å². The van der Waals surface area contributed by atoms with Crippen molar-refractivity contribution in [3.63, 3.8) is 0 Å². The number of esters is 1. The van der Waals surface area contributed by atoms with E-state index in [1.54, 1.807) is 44.2 Å². The number of nitrogens with one attached hydrogen (secondary N) is 3. The molecule has 3 atom stereocenters. The molecule has 1 aliphatic carbocycles. The Morgan fingerprint density at radius 2 is 1.53 bits per heavy atom. The van der Waals surface area contributed by atoms with Crippen molar-refractivity contribution in [3.8, 4) is 0 Å². The normalized spacial score (nSPS) is 17.6. The van der Waals surface area contributed by atoms with Gasteiger partial charge in [0, 0.05) is 5.56 Å². The summed E-state index contributed by atoms with van der Waals surface area (Å²) >= 11 is 0. The molecule has 0 saturated heterocycles. The summed E-state index contributed by atoms with van der Waals surface area (Å²) in [6, 6.07) is 5.43. The molecule has 0 unspecified atom stereocenters. The van der Waals surface area contributed by atoms with Gasteiger partial charge in [-0.2, -0.15) is 0 Å². The molecule has 9 nitrogen and oxygen atoms in total. The second-order valence-electron chi connectivity index (χ2n) is 10.4. The largest absolute Gasteiger partial charge is 0.467 e. The molecule has 1 aliphatic rings. The molecule has 0 aromatic heterocycles. The Morgan fingerprint density at radius 1 is 0.917 bits per heavy atom. The van der Waals surface area contributed by atoms with Gasteiger partial charge in [-0.15, -0.1) is 0 Å². The number of amides is 3. The lowest BCUT2D eigenvalue weighted by atomic mass is 9.78. The number of carbonyl (C=O) groups is 4. The van der Waals surface area contributed by atoms with Crippen LogP contribution in [0.1, 0.15) is 76.6 Å². The Hall–Kier alpha value is -2.94. The van der Waals surface area contributed by atoms with Crippen LogP contribution in [-0.2, 0) is 19.1 Å². The minimum Gasteiger partial charge on any atom is -0.467 e. The van der Waals surface area contributed by atoms with Crippen LogP contribution in [0.25, 0.3) is 0 Å². The summed E-state index contributed by atoms with van der Waals surface area (Å²) < 4.78 is 4.82. The average molecular weight is 504 g/mol. The number of ether oxygens (including phenoxy) is 1. The molecule has 0 aliphatic heterocycles. The van der Waals surface area contributed by atoms with Crippen molar-refractivity contribution in [1.82, 2.24) is 16.0 Å². The van der Waals surface area contributed by atoms with E-state index in [1.165, 1.54) is 7.11 Å². The molecule has 9 heteroatoms. The second kappa shape index (κ2) is 13.4. The molecule has 0 spiro atoms. The Morgan fingerprint density at radius 3 is 2.06 bits per heavy atom. The number of benzene rings is 1. The van der Waals surface area contributed by atoms with Crippen LogP contribution in [0.2, 0.25) is 0 Å². The lowest BCUT2D eigenvalue weighted by molar-refractivity contribution is -0.149. The van der Waals surface area contributed by atoms with Crippen molar-refractivity contribution in [2.45, 2.75) is 89.9 Å². The van der Waals surface area contributed by atoms with E-state index < -0.39 is 47.4 Å². The van der Waals surface area contributed by atoms with E-state index in [0.29, 0.717) is 37.7 Å². The third kappa shape index (κ3) is 8.05. The van der Waals surface area contributed by atoms with Crippen molar-refractivity contribution in [2.24, 2.45) is 11.8 Å². The van der Waals surface area contributed by atoms with Crippen LogP contribution in [0.4, 0.5) is 0 Å².